The molecule has 1 heterocycles. The van der Waals surface area contributed by atoms with Crippen molar-refractivity contribution in [3.05, 3.63) is 41.3 Å². The Balaban J connectivity index is 1.84. The van der Waals surface area contributed by atoms with Gasteiger partial charge in [0.1, 0.15) is 5.82 Å². The highest BCUT2D eigenvalue weighted by Gasteiger charge is 2.09. The van der Waals surface area contributed by atoms with Crippen molar-refractivity contribution in [3.63, 3.8) is 0 Å². The zero-order valence-corrected chi connectivity index (χ0v) is 14.5. The van der Waals surface area contributed by atoms with Crippen LogP contribution in [0.25, 0.3) is 0 Å². The lowest BCUT2D eigenvalue weighted by molar-refractivity contribution is 0.0954. The summed E-state index contributed by atoms with van der Waals surface area (Å²) in [5, 5.41) is 8.90. The molecule has 0 bridgehead atoms. The Bertz CT molecular complexity index is 739. The molecule has 1 aromatic carbocycles. The molecule has 0 unspecified atom stereocenters. The van der Waals surface area contributed by atoms with Crippen LogP contribution in [0.5, 0.6) is 5.75 Å². The zero-order valence-electron chi connectivity index (χ0n) is 14.5. The van der Waals surface area contributed by atoms with Gasteiger partial charge < -0.3 is 20.7 Å². The number of halogens is 1. The van der Waals surface area contributed by atoms with Crippen molar-refractivity contribution in [1.29, 1.82) is 0 Å². The molecule has 0 aliphatic carbocycles. The van der Waals surface area contributed by atoms with E-state index in [1.54, 1.807) is 0 Å². The molecule has 0 aliphatic heterocycles. The van der Waals surface area contributed by atoms with Gasteiger partial charge in [-0.15, -0.1) is 0 Å². The molecule has 0 radical (unpaired) electrons. The van der Waals surface area contributed by atoms with Crippen LogP contribution >= 0.6 is 0 Å². The number of nitrogens with zero attached hydrogens (tertiary/aromatic N) is 2. The molecule has 134 valence electrons. The summed E-state index contributed by atoms with van der Waals surface area (Å²) < 4.78 is 18.5. The third-order valence-corrected chi connectivity index (χ3v) is 3.32. The van der Waals surface area contributed by atoms with Gasteiger partial charge in [-0.05, 0) is 32.0 Å². The van der Waals surface area contributed by atoms with Crippen LogP contribution in [0, 0.1) is 12.7 Å². The molecule has 3 N–H and O–H groups in total. The second kappa shape index (κ2) is 8.81. The van der Waals surface area contributed by atoms with Crippen LogP contribution in [0.4, 0.5) is 16.2 Å². The number of aromatic nitrogens is 2. The predicted octanol–water partition coefficient (Wildman–Crippen LogP) is 2.21. The average molecular weight is 347 g/mol. The van der Waals surface area contributed by atoms with Crippen molar-refractivity contribution < 1.29 is 13.9 Å². The van der Waals surface area contributed by atoms with Crippen LogP contribution in [-0.4, -0.2) is 42.6 Å². The molecule has 8 heteroatoms. The van der Waals surface area contributed by atoms with Crippen LogP contribution in [-0.2, 0) is 0 Å². The number of rotatable bonds is 8. The number of anilines is 2. The number of hydrogen-bond donors (Lipinski definition) is 3. The van der Waals surface area contributed by atoms with Crippen LogP contribution in [0.15, 0.2) is 24.3 Å². The highest BCUT2D eigenvalue weighted by molar-refractivity contribution is 5.94. The van der Waals surface area contributed by atoms with Gasteiger partial charge in [0.05, 0.1) is 7.11 Å². The van der Waals surface area contributed by atoms with Gasteiger partial charge in [-0.25, -0.2) is 9.37 Å². The molecule has 7 nitrogen and oxygen atoms in total. The molecular formula is C17H22FN5O2. The zero-order chi connectivity index (χ0) is 18.2. The van der Waals surface area contributed by atoms with Crippen molar-refractivity contribution in [2.75, 3.05) is 37.4 Å². The lowest BCUT2D eigenvalue weighted by atomic mass is 10.2. The number of methoxy groups -OCH3 is 1. The molecule has 0 fully saturated rings. The summed E-state index contributed by atoms with van der Waals surface area (Å²) in [6.45, 7) is 5.43. The Morgan fingerprint density at radius 3 is 2.68 bits per heavy atom. The van der Waals surface area contributed by atoms with Crippen molar-refractivity contribution in [1.82, 2.24) is 15.3 Å². The molecule has 0 saturated carbocycles. The number of aryl methyl sites for hydroxylation is 1. The molecule has 0 atom stereocenters. The predicted molar refractivity (Wildman–Crippen MR) is 94.7 cm³/mol. The van der Waals surface area contributed by atoms with Crippen LogP contribution < -0.4 is 20.7 Å². The molecule has 2 rings (SSSR count). The Morgan fingerprint density at radius 1 is 1.20 bits per heavy atom. The summed E-state index contributed by atoms with van der Waals surface area (Å²) >= 11 is 0. The summed E-state index contributed by atoms with van der Waals surface area (Å²) in [7, 11) is 1.38. The minimum atomic E-state index is -0.569. The summed E-state index contributed by atoms with van der Waals surface area (Å²) in [5.74, 6) is 0.418. The van der Waals surface area contributed by atoms with Gasteiger partial charge in [-0.3, -0.25) is 4.79 Å². The van der Waals surface area contributed by atoms with Gasteiger partial charge in [0.25, 0.3) is 5.91 Å². The summed E-state index contributed by atoms with van der Waals surface area (Å²) in [6, 6.07) is 5.91. The first-order chi connectivity index (χ1) is 12.0. The van der Waals surface area contributed by atoms with E-state index in [4.69, 9.17) is 4.74 Å². The second-order valence-corrected chi connectivity index (χ2v) is 5.28. The molecule has 0 aliphatic rings. The minimum absolute atomic E-state index is 0.105. The van der Waals surface area contributed by atoms with Crippen molar-refractivity contribution in [2.24, 2.45) is 0 Å². The number of carbonyl (C=O) groups is 1. The fourth-order valence-corrected chi connectivity index (χ4v) is 2.17. The lowest BCUT2D eigenvalue weighted by Gasteiger charge is -2.10. The molecular weight excluding hydrogens is 325 g/mol. The van der Waals surface area contributed by atoms with E-state index in [0.29, 0.717) is 24.9 Å². The lowest BCUT2D eigenvalue weighted by Crippen LogP contribution is -2.29. The Hall–Kier alpha value is -2.90. The van der Waals surface area contributed by atoms with Gasteiger partial charge in [-0.2, -0.15) is 4.98 Å². The number of ether oxygens (including phenoxy) is 1. The third kappa shape index (κ3) is 5.30. The second-order valence-electron chi connectivity index (χ2n) is 5.28. The first-order valence-corrected chi connectivity index (χ1v) is 7.98. The smallest absolute Gasteiger partial charge is 0.251 e. The Morgan fingerprint density at radius 2 is 2.00 bits per heavy atom. The number of carbonyl (C=O) groups excluding carboxylic acids is 1. The average Bonchev–Trinajstić information content (AvgIpc) is 2.58. The Kier molecular flexibility index (Phi) is 6.50. The molecule has 1 amide bonds. The van der Waals surface area contributed by atoms with E-state index in [1.807, 2.05) is 19.9 Å². The highest BCUT2D eigenvalue weighted by atomic mass is 19.1. The summed E-state index contributed by atoms with van der Waals surface area (Å²) in [4.78, 5) is 20.6. The molecule has 2 aromatic rings. The molecule has 25 heavy (non-hydrogen) atoms. The standard InChI is InChI=1S/C17H22FN5O2/c1-4-19-17-22-11(2)9-15(23-17)20-7-8-21-16(24)12-5-6-14(25-3)13(18)10-12/h5-6,9-10H,4,7-8H2,1-3H3,(H,21,24)(H2,19,20,22,23). The fourth-order valence-electron chi connectivity index (χ4n) is 2.17. The highest BCUT2D eigenvalue weighted by Crippen LogP contribution is 2.17. The van der Waals surface area contributed by atoms with Gasteiger partial charge >= 0.3 is 0 Å². The Labute approximate surface area is 146 Å². The van der Waals surface area contributed by atoms with E-state index in [-0.39, 0.29) is 17.2 Å². The third-order valence-electron chi connectivity index (χ3n) is 3.32. The first kappa shape index (κ1) is 18.4. The quantitative estimate of drug-likeness (QED) is 0.635. The molecule has 0 saturated heterocycles. The largest absolute Gasteiger partial charge is 0.494 e. The molecule has 0 spiro atoms. The number of benzene rings is 1. The van der Waals surface area contributed by atoms with Crippen molar-refractivity contribution in [3.8, 4) is 5.75 Å². The number of amides is 1. The van der Waals surface area contributed by atoms with Gasteiger partial charge in [0, 0.05) is 37.0 Å². The SMILES string of the molecule is CCNc1nc(C)cc(NCCNC(=O)c2ccc(OC)c(F)c2)n1. The minimum Gasteiger partial charge on any atom is -0.494 e. The van der Waals surface area contributed by atoms with E-state index >= 15 is 0 Å². The van der Waals surface area contributed by atoms with E-state index in [2.05, 4.69) is 25.9 Å². The maximum atomic E-state index is 13.6. The van der Waals surface area contributed by atoms with Crippen LogP contribution in [0.1, 0.15) is 23.0 Å². The van der Waals surface area contributed by atoms with Gasteiger partial charge in [0.15, 0.2) is 11.6 Å². The fraction of sp³-hybridized carbons (Fsp3) is 0.353. The normalized spacial score (nSPS) is 10.2. The van der Waals surface area contributed by atoms with Crippen molar-refractivity contribution in [2.45, 2.75) is 13.8 Å². The van der Waals surface area contributed by atoms with Gasteiger partial charge in [0.2, 0.25) is 5.95 Å². The number of hydrogen-bond acceptors (Lipinski definition) is 6. The maximum Gasteiger partial charge on any atom is 0.251 e. The van der Waals surface area contributed by atoms with E-state index in [0.717, 1.165) is 18.3 Å². The first-order valence-electron chi connectivity index (χ1n) is 7.98. The van der Waals surface area contributed by atoms with Crippen LogP contribution in [0.3, 0.4) is 0 Å². The monoisotopic (exact) mass is 347 g/mol. The topological polar surface area (TPSA) is 88.2 Å². The van der Waals surface area contributed by atoms with E-state index in [1.165, 1.54) is 19.2 Å². The van der Waals surface area contributed by atoms with E-state index in [9.17, 15) is 9.18 Å². The summed E-state index contributed by atoms with van der Waals surface area (Å²) in [5.41, 5.74) is 1.08. The van der Waals surface area contributed by atoms with E-state index < -0.39 is 5.82 Å². The number of nitrogens with one attached hydrogen (secondary N) is 3. The van der Waals surface area contributed by atoms with Gasteiger partial charge in [-0.1, -0.05) is 0 Å². The molecule has 1 aromatic heterocycles. The van der Waals surface area contributed by atoms with Crippen molar-refractivity contribution >= 4 is 17.7 Å². The van der Waals surface area contributed by atoms with Crippen LogP contribution in [0.2, 0.25) is 0 Å². The maximum absolute atomic E-state index is 13.6. The summed E-state index contributed by atoms with van der Waals surface area (Å²) in [6.07, 6.45) is 0.